The van der Waals surface area contributed by atoms with Gasteiger partial charge in [-0.2, -0.15) is 18.3 Å². The van der Waals surface area contributed by atoms with Crippen molar-refractivity contribution in [3.8, 4) is 0 Å². The number of hydrogen-bond acceptors (Lipinski definition) is 6. The minimum absolute atomic E-state index is 0.0496. The molecule has 2 aromatic heterocycles. The van der Waals surface area contributed by atoms with Crippen LogP contribution in [0.3, 0.4) is 0 Å². The van der Waals surface area contributed by atoms with Crippen LogP contribution in [-0.4, -0.2) is 52.5 Å². The average molecular weight is 617 g/mol. The van der Waals surface area contributed by atoms with Crippen LogP contribution >= 0.6 is 0 Å². The molecule has 8 nitrogen and oxygen atoms in total. The Hall–Kier alpha value is -4.19. The zero-order chi connectivity index (χ0) is 32.8. The maximum Gasteiger partial charge on any atom is 0.418 e. The Bertz CT molecular complexity index is 1690. The molecular formula is C32H40F4N6O2. The largest absolute Gasteiger partial charge is 0.418 e. The molecule has 44 heavy (non-hydrogen) atoms. The van der Waals surface area contributed by atoms with Crippen molar-refractivity contribution < 1.29 is 17.6 Å². The fraction of sp³-hybridized carbons (Fsp3) is 0.406. The molecule has 12 heteroatoms. The molecule has 1 fully saturated rings. The van der Waals surface area contributed by atoms with Gasteiger partial charge in [0.1, 0.15) is 5.82 Å². The molecule has 5 rings (SSSR count). The van der Waals surface area contributed by atoms with Gasteiger partial charge in [-0.25, -0.2) is 9.07 Å². The van der Waals surface area contributed by atoms with Crippen LogP contribution in [0.1, 0.15) is 43.5 Å². The lowest BCUT2D eigenvalue weighted by Crippen LogP contribution is -2.45. The Labute approximate surface area is 254 Å². The molecule has 1 aliphatic heterocycles. The van der Waals surface area contributed by atoms with E-state index in [2.05, 4.69) is 27.3 Å². The quantitative estimate of drug-likeness (QED) is 0.295. The molecule has 1 saturated heterocycles. The van der Waals surface area contributed by atoms with Gasteiger partial charge in [0.15, 0.2) is 0 Å². The minimum atomic E-state index is -4.69. The highest BCUT2D eigenvalue weighted by Gasteiger charge is 2.34. The Morgan fingerprint density at radius 3 is 2.18 bits per heavy atom. The summed E-state index contributed by atoms with van der Waals surface area (Å²) in [6.07, 6.45) is -1.31. The Morgan fingerprint density at radius 2 is 1.57 bits per heavy atom. The molecule has 1 atom stereocenters. The molecule has 0 unspecified atom stereocenters. The molecule has 0 saturated carbocycles. The SMILES string of the molecule is CC.CN1CCN(c2cnn(C)c(=O)c2)CC1.Cc1cc([C@@H](C)Nc2ccc(F)cc2C(F)(F)F)c2ccn(C)c(=O)c2c1. The first-order valence-corrected chi connectivity index (χ1v) is 14.4. The van der Waals surface area contributed by atoms with E-state index in [4.69, 9.17) is 0 Å². The minimum Gasteiger partial charge on any atom is -0.378 e. The number of benzene rings is 2. The van der Waals surface area contributed by atoms with Crippen LogP contribution in [0.5, 0.6) is 0 Å². The van der Waals surface area contributed by atoms with Crippen LogP contribution in [0.25, 0.3) is 10.8 Å². The first kappa shape index (κ1) is 34.3. The average Bonchev–Trinajstić information content (AvgIpc) is 2.98. The van der Waals surface area contributed by atoms with E-state index in [0.717, 1.165) is 49.6 Å². The smallest absolute Gasteiger partial charge is 0.378 e. The summed E-state index contributed by atoms with van der Waals surface area (Å²) >= 11 is 0. The normalized spacial score (nSPS) is 14.3. The number of pyridine rings is 1. The summed E-state index contributed by atoms with van der Waals surface area (Å²) in [5, 5.41) is 8.01. The number of likely N-dealkylation sites (N-methyl/N-ethyl adjacent to an activating group) is 1. The molecule has 2 aromatic carbocycles. The van der Waals surface area contributed by atoms with Crippen molar-refractivity contribution in [2.45, 2.75) is 39.9 Å². The molecule has 1 aliphatic rings. The zero-order valence-corrected chi connectivity index (χ0v) is 26.2. The van der Waals surface area contributed by atoms with Gasteiger partial charge in [-0.05, 0) is 67.7 Å². The lowest BCUT2D eigenvalue weighted by molar-refractivity contribution is -0.137. The van der Waals surface area contributed by atoms with Crippen molar-refractivity contribution in [2.24, 2.45) is 14.1 Å². The number of rotatable bonds is 4. The molecular weight excluding hydrogens is 576 g/mol. The second-order valence-electron chi connectivity index (χ2n) is 10.6. The Balaban J connectivity index is 0.000000262. The predicted molar refractivity (Wildman–Crippen MR) is 168 cm³/mol. The highest BCUT2D eigenvalue weighted by molar-refractivity contribution is 5.86. The van der Waals surface area contributed by atoms with Crippen LogP contribution in [0.2, 0.25) is 0 Å². The van der Waals surface area contributed by atoms with E-state index in [1.54, 1.807) is 51.6 Å². The maximum atomic E-state index is 13.3. The van der Waals surface area contributed by atoms with Gasteiger partial charge in [-0.3, -0.25) is 9.59 Å². The Kier molecular flexibility index (Phi) is 11.3. The first-order valence-electron chi connectivity index (χ1n) is 14.4. The fourth-order valence-corrected chi connectivity index (χ4v) is 4.88. The van der Waals surface area contributed by atoms with Gasteiger partial charge in [0.2, 0.25) is 0 Å². The second kappa shape index (κ2) is 14.5. The standard InChI is InChI=1S/C20H18F4N2O.C10H16N4O.C2H6/c1-11-8-15(14-6-7-26(3)19(27)16(14)9-11)12(2)25-18-5-4-13(21)10-17(18)20(22,23)24;1-12-3-5-14(6-4-12)9-7-10(15)13(2)11-8-9;1-2/h4-10,12,25H,1-3H3;7-8H,3-6H2,1-2H3;1-2H3/t12-;;/m1../s1. The number of piperazine rings is 1. The maximum absolute atomic E-state index is 13.3. The lowest BCUT2D eigenvalue weighted by atomic mass is 9.97. The number of alkyl halides is 3. The highest BCUT2D eigenvalue weighted by atomic mass is 19.4. The van der Waals surface area contributed by atoms with E-state index in [1.165, 1.54) is 9.25 Å². The number of aromatic nitrogens is 3. The van der Waals surface area contributed by atoms with Gasteiger partial charge in [0, 0.05) is 69.7 Å². The van der Waals surface area contributed by atoms with Crippen molar-refractivity contribution in [2.75, 3.05) is 43.4 Å². The number of anilines is 2. The predicted octanol–water partition coefficient (Wildman–Crippen LogP) is 5.74. The van der Waals surface area contributed by atoms with Crippen molar-refractivity contribution in [3.05, 3.63) is 98.1 Å². The molecule has 238 valence electrons. The number of halogens is 4. The molecule has 0 radical (unpaired) electrons. The fourth-order valence-electron chi connectivity index (χ4n) is 4.88. The molecule has 0 bridgehead atoms. The van der Waals surface area contributed by atoms with E-state index < -0.39 is 23.6 Å². The molecule has 4 aromatic rings. The van der Waals surface area contributed by atoms with Crippen molar-refractivity contribution >= 4 is 22.1 Å². The number of nitrogens with zero attached hydrogens (tertiary/aromatic N) is 5. The summed E-state index contributed by atoms with van der Waals surface area (Å²) in [7, 11) is 5.41. The number of aryl methyl sites for hydroxylation is 3. The van der Waals surface area contributed by atoms with Crippen LogP contribution in [0.15, 0.2) is 64.4 Å². The summed E-state index contributed by atoms with van der Waals surface area (Å²) < 4.78 is 55.8. The third kappa shape index (κ3) is 8.25. The monoisotopic (exact) mass is 616 g/mol. The van der Waals surface area contributed by atoms with Gasteiger partial charge >= 0.3 is 6.18 Å². The van der Waals surface area contributed by atoms with Crippen LogP contribution in [0.4, 0.5) is 28.9 Å². The van der Waals surface area contributed by atoms with Gasteiger partial charge in [-0.1, -0.05) is 19.9 Å². The zero-order valence-electron chi connectivity index (χ0n) is 26.2. The van der Waals surface area contributed by atoms with Crippen LogP contribution in [0, 0.1) is 12.7 Å². The highest BCUT2D eigenvalue weighted by Crippen LogP contribution is 2.37. The lowest BCUT2D eigenvalue weighted by Gasteiger charge is -2.33. The molecule has 0 aliphatic carbocycles. The molecule has 1 N–H and O–H groups in total. The molecule has 0 spiro atoms. The van der Waals surface area contributed by atoms with Gasteiger partial charge in [0.25, 0.3) is 11.1 Å². The van der Waals surface area contributed by atoms with Crippen molar-refractivity contribution in [1.82, 2.24) is 19.2 Å². The molecule has 0 amide bonds. The van der Waals surface area contributed by atoms with E-state index in [0.29, 0.717) is 22.4 Å². The van der Waals surface area contributed by atoms with E-state index >= 15 is 0 Å². The van der Waals surface area contributed by atoms with Gasteiger partial charge in [-0.15, -0.1) is 0 Å². The van der Waals surface area contributed by atoms with Gasteiger partial charge < -0.3 is 19.7 Å². The van der Waals surface area contributed by atoms with Crippen LogP contribution in [-0.2, 0) is 20.3 Å². The summed E-state index contributed by atoms with van der Waals surface area (Å²) in [4.78, 5) is 28.3. The molecule has 3 heterocycles. The number of nitrogens with one attached hydrogen (secondary N) is 1. The van der Waals surface area contributed by atoms with E-state index in [9.17, 15) is 27.2 Å². The van der Waals surface area contributed by atoms with Crippen molar-refractivity contribution in [3.63, 3.8) is 0 Å². The third-order valence-corrected chi connectivity index (χ3v) is 7.32. The number of fused-ring (bicyclic) bond motifs is 1. The van der Waals surface area contributed by atoms with Crippen LogP contribution < -0.4 is 21.3 Å². The summed E-state index contributed by atoms with van der Waals surface area (Å²) in [6.45, 7) is 11.5. The second-order valence-corrected chi connectivity index (χ2v) is 10.6. The van der Waals surface area contributed by atoms with E-state index in [1.807, 2.05) is 26.8 Å². The van der Waals surface area contributed by atoms with Gasteiger partial charge in [0.05, 0.1) is 17.4 Å². The Morgan fingerprint density at radius 1 is 0.909 bits per heavy atom. The summed E-state index contributed by atoms with van der Waals surface area (Å²) in [5.41, 5.74) is 0.946. The first-order chi connectivity index (χ1) is 20.7. The van der Waals surface area contributed by atoms with E-state index in [-0.39, 0.29) is 16.8 Å². The summed E-state index contributed by atoms with van der Waals surface area (Å²) in [5.74, 6) is -0.954. The number of hydrogen-bond donors (Lipinski definition) is 1. The third-order valence-electron chi connectivity index (χ3n) is 7.32. The summed E-state index contributed by atoms with van der Waals surface area (Å²) in [6, 6.07) is 8.99. The van der Waals surface area contributed by atoms with Crippen molar-refractivity contribution in [1.29, 1.82) is 0 Å². The topological polar surface area (TPSA) is 75.4 Å².